The Morgan fingerprint density at radius 3 is 2.50 bits per heavy atom. The lowest BCUT2D eigenvalue weighted by molar-refractivity contribution is -0.389. The highest BCUT2D eigenvalue weighted by Crippen LogP contribution is 2.48. The Labute approximate surface area is 204 Å². The van der Waals surface area contributed by atoms with Crippen LogP contribution in [0.5, 0.6) is 0 Å². The Balaban J connectivity index is 1.51. The van der Waals surface area contributed by atoms with Crippen molar-refractivity contribution < 1.29 is 19.9 Å². The van der Waals surface area contributed by atoms with Gasteiger partial charge < -0.3 is 30.6 Å². The summed E-state index contributed by atoms with van der Waals surface area (Å²) < 4.78 is 3.02. The van der Waals surface area contributed by atoms with E-state index in [4.69, 9.17) is 5.73 Å². The normalized spacial score (nSPS) is 24.4. The number of aliphatic hydroxyl groups excluding tert-OH is 1. The van der Waals surface area contributed by atoms with Crippen molar-refractivity contribution in [2.45, 2.75) is 36.6 Å². The van der Waals surface area contributed by atoms with Crippen LogP contribution in [-0.2, 0) is 18.4 Å². The molecule has 1 amide bonds. The number of nitro groups is 1. The van der Waals surface area contributed by atoms with E-state index in [0.29, 0.717) is 6.42 Å². The smallest absolute Gasteiger partial charge is 0.381 e. The molecule has 2 aliphatic carbocycles. The molecule has 11 heteroatoms. The lowest BCUT2D eigenvalue weighted by atomic mass is 9.91. The maximum atomic E-state index is 12.5. The highest BCUT2D eigenvalue weighted by Gasteiger charge is 2.50. The summed E-state index contributed by atoms with van der Waals surface area (Å²) in [6.45, 7) is 0. The molecule has 36 heavy (non-hydrogen) atoms. The fourth-order valence-electron chi connectivity index (χ4n) is 5.69. The van der Waals surface area contributed by atoms with Crippen LogP contribution in [0.15, 0.2) is 67.3 Å². The lowest BCUT2D eigenvalue weighted by Gasteiger charge is -2.29. The van der Waals surface area contributed by atoms with E-state index in [1.165, 1.54) is 21.7 Å². The Morgan fingerprint density at radius 2 is 1.81 bits per heavy atom. The molecular weight excluding hydrogens is 464 g/mol. The number of amides is 1. The molecule has 0 unspecified atom stereocenters. The zero-order valence-electron chi connectivity index (χ0n) is 18.9. The van der Waals surface area contributed by atoms with E-state index in [1.54, 1.807) is 6.20 Å². The predicted octanol–water partition coefficient (Wildman–Crippen LogP) is 1.63. The zero-order chi connectivity index (χ0) is 25.2. The van der Waals surface area contributed by atoms with E-state index >= 15 is 0 Å². The number of benzene rings is 2. The molecule has 182 valence electrons. The largest absolute Gasteiger partial charge is 0.390 e. The van der Waals surface area contributed by atoms with Crippen molar-refractivity contribution in [3.63, 3.8) is 0 Å². The number of nitrogens with zero attached hydrogens (tertiary/aromatic N) is 5. The van der Waals surface area contributed by atoms with Crippen LogP contribution in [0.1, 0.15) is 50.7 Å². The summed E-state index contributed by atoms with van der Waals surface area (Å²) in [5.41, 5.74) is 7.59. The predicted molar refractivity (Wildman–Crippen MR) is 126 cm³/mol. The third kappa shape index (κ3) is 3.17. The molecule has 6 rings (SSSR count). The summed E-state index contributed by atoms with van der Waals surface area (Å²) in [6, 6.07) is 13.5. The van der Waals surface area contributed by atoms with Crippen molar-refractivity contribution >= 4 is 11.7 Å². The molecule has 0 fully saturated rings. The monoisotopic (exact) mass is 486 g/mol. The number of aromatic nitrogens is 4. The van der Waals surface area contributed by atoms with Crippen LogP contribution < -0.4 is 5.73 Å². The van der Waals surface area contributed by atoms with Gasteiger partial charge in [-0.3, -0.25) is 9.36 Å². The van der Waals surface area contributed by atoms with E-state index in [9.17, 15) is 25.1 Å². The topological polar surface area (TPSA) is 162 Å². The Bertz CT molecular complexity index is 1530. The molecule has 11 nitrogen and oxygen atoms in total. The highest BCUT2D eigenvalue weighted by molar-refractivity contribution is 5.89. The lowest BCUT2D eigenvalue weighted by Crippen LogP contribution is -2.35. The zero-order valence-corrected chi connectivity index (χ0v) is 18.9. The van der Waals surface area contributed by atoms with Crippen LogP contribution in [0.4, 0.5) is 5.82 Å². The van der Waals surface area contributed by atoms with Crippen molar-refractivity contribution in [1.82, 2.24) is 19.1 Å². The number of rotatable bonds is 5. The highest BCUT2D eigenvalue weighted by atomic mass is 16.6. The number of carbonyl (C=O) groups is 1. The van der Waals surface area contributed by atoms with E-state index in [0.717, 1.165) is 22.3 Å². The van der Waals surface area contributed by atoms with Gasteiger partial charge in [0.15, 0.2) is 5.82 Å². The van der Waals surface area contributed by atoms with Gasteiger partial charge in [0.25, 0.3) is 5.91 Å². The second kappa shape index (κ2) is 7.83. The Kier molecular flexibility index (Phi) is 4.82. The van der Waals surface area contributed by atoms with Gasteiger partial charge in [-0.2, -0.15) is 0 Å². The van der Waals surface area contributed by atoms with Gasteiger partial charge >= 0.3 is 5.82 Å². The van der Waals surface area contributed by atoms with Crippen LogP contribution in [0.3, 0.4) is 0 Å². The number of imidazole rings is 2. The summed E-state index contributed by atoms with van der Waals surface area (Å²) in [4.78, 5) is 31.5. The van der Waals surface area contributed by atoms with Gasteiger partial charge in [0.1, 0.15) is 11.8 Å². The number of hydrogen-bond acceptors (Lipinski definition) is 7. The van der Waals surface area contributed by atoms with Crippen LogP contribution >= 0.6 is 0 Å². The molecule has 2 aliphatic rings. The average molecular weight is 486 g/mol. The third-order valence-electron chi connectivity index (χ3n) is 7.20. The molecule has 4 N–H and O–H groups in total. The van der Waals surface area contributed by atoms with Gasteiger partial charge in [-0.05, 0) is 32.2 Å². The number of aliphatic hydroxyl groups is 2. The molecule has 0 bridgehead atoms. The van der Waals surface area contributed by atoms with Gasteiger partial charge in [-0.25, -0.2) is 4.98 Å². The quantitative estimate of drug-likeness (QED) is 0.285. The van der Waals surface area contributed by atoms with E-state index in [-0.39, 0.29) is 23.8 Å². The van der Waals surface area contributed by atoms with E-state index in [2.05, 4.69) is 9.97 Å². The molecule has 0 saturated heterocycles. The maximum absolute atomic E-state index is 12.5. The van der Waals surface area contributed by atoms with E-state index < -0.39 is 34.6 Å². The minimum absolute atomic E-state index is 0.0921. The first kappa shape index (κ1) is 22.1. The molecule has 2 aromatic carbocycles. The first-order valence-corrected chi connectivity index (χ1v) is 11.4. The van der Waals surface area contributed by atoms with Crippen molar-refractivity contribution in [3.05, 3.63) is 111 Å². The van der Waals surface area contributed by atoms with Gasteiger partial charge in [-0.1, -0.05) is 48.5 Å². The van der Waals surface area contributed by atoms with Crippen molar-refractivity contribution in [3.8, 4) is 0 Å². The molecule has 0 spiro atoms. The number of carbonyl (C=O) groups excluding carboxylic acids is 1. The van der Waals surface area contributed by atoms with Gasteiger partial charge in [-0.15, -0.1) is 0 Å². The summed E-state index contributed by atoms with van der Waals surface area (Å²) in [5, 5.41) is 34.3. The number of nitrogens with two attached hydrogens (primary N) is 1. The standard InChI is InChI=1S/C25H22N6O5/c26-23(33)24-28-19(11-30(24)21-16-7-3-1-5-14(16)9-18(21)32)25(34)10-15-6-2-4-8-17(15)22(25)29-12-20(27-13-29)31(35)36/h1-8,11-13,18,21-22,32,34H,9-10H2,(H2,26,33)/t18-,21+,22+,25+/m0/s1. The third-order valence-corrected chi connectivity index (χ3v) is 7.20. The molecule has 2 heterocycles. The summed E-state index contributed by atoms with van der Waals surface area (Å²) >= 11 is 0. The molecular formula is C25H22N6O5. The number of hydrogen-bond donors (Lipinski definition) is 3. The Hall–Kier alpha value is -4.35. The average Bonchev–Trinajstić information content (AvgIpc) is 3.60. The molecule has 4 atom stereocenters. The SMILES string of the molecule is NC(=O)c1nc([C@]2(O)Cc3ccccc3[C@H]2n2cnc([N+](=O)[O-])c2)cn1[C@@H]1c2ccccc2C[C@@H]1O. The van der Waals surface area contributed by atoms with Gasteiger partial charge in [0.2, 0.25) is 6.33 Å². The van der Waals surface area contributed by atoms with Crippen LogP contribution in [0, 0.1) is 10.1 Å². The fraction of sp³-hybridized carbons (Fsp3) is 0.240. The second-order valence-corrected chi connectivity index (χ2v) is 9.27. The van der Waals surface area contributed by atoms with Crippen molar-refractivity contribution in [1.29, 1.82) is 0 Å². The number of fused-ring (bicyclic) bond motifs is 2. The minimum Gasteiger partial charge on any atom is -0.390 e. The van der Waals surface area contributed by atoms with Crippen LogP contribution in [0.25, 0.3) is 0 Å². The molecule has 0 saturated carbocycles. The minimum atomic E-state index is -1.67. The molecule has 4 aromatic rings. The van der Waals surface area contributed by atoms with Crippen LogP contribution in [0.2, 0.25) is 0 Å². The fourth-order valence-corrected chi connectivity index (χ4v) is 5.69. The Morgan fingerprint density at radius 1 is 1.11 bits per heavy atom. The summed E-state index contributed by atoms with van der Waals surface area (Å²) in [6.07, 6.45) is 3.87. The summed E-state index contributed by atoms with van der Waals surface area (Å²) in [5.74, 6) is -1.24. The van der Waals surface area contributed by atoms with Gasteiger partial charge in [0.05, 0.1) is 23.9 Å². The number of primary amides is 1. The van der Waals surface area contributed by atoms with Crippen molar-refractivity contribution in [2.24, 2.45) is 5.73 Å². The first-order valence-electron chi connectivity index (χ1n) is 11.4. The van der Waals surface area contributed by atoms with Crippen molar-refractivity contribution in [2.75, 3.05) is 0 Å². The first-order chi connectivity index (χ1) is 17.3. The van der Waals surface area contributed by atoms with Gasteiger partial charge in [0, 0.05) is 19.0 Å². The molecule has 2 aromatic heterocycles. The van der Waals surface area contributed by atoms with E-state index in [1.807, 2.05) is 48.5 Å². The van der Waals surface area contributed by atoms with Crippen LogP contribution in [-0.4, -0.2) is 46.2 Å². The molecule has 0 aliphatic heterocycles. The maximum Gasteiger partial charge on any atom is 0.381 e. The second-order valence-electron chi connectivity index (χ2n) is 9.27. The summed E-state index contributed by atoms with van der Waals surface area (Å²) in [7, 11) is 0. The molecule has 0 radical (unpaired) electrons.